The van der Waals surface area contributed by atoms with Crippen molar-refractivity contribution in [2.75, 3.05) is 18.0 Å². The zero-order valence-electron chi connectivity index (χ0n) is 15.4. The molecule has 29 heavy (non-hydrogen) atoms. The summed E-state index contributed by atoms with van der Waals surface area (Å²) in [5.41, 5.74) is 6.54. The quantitative estimate of drug-likeness (QED) is 0.504. The van der Waals surface area contributed by atoms with Crippen LogP contribution in [-0.4, -0.2) is 38.9 Å². The van der Waals surface area contributed by atoms with Crippen LogP contribution in [-0.2, 0) is 4.79 Å². The van der Waals surface area contributed by atoms with Gasteiger partial charge in [-0.2, -0.15) is 4.98 Å². The van der Waals surface area contributed by atoms with Gasteiger partial charge in [0, 0.05) is 37.3 Å². The fourth-order valence-corrected chi connectivity index (χ4v) is 3.58. The Balaban J connectivity index is 1.70. The lowest BCUT2D eigenvalue weighted by Gasteiger charge is -2.30. The fraction of sp³-hybridized carbons (Fsp3) is 0.263. The number of anilines is 1. The first-order valence-electron chi connectivity index (χ1n) is 9.12. The van der Waals surface area contributed by atoms with E-state index in [-0.39, 0.29) is 28.7 Å². The average Bonchev–Trinajstić information content (AvgIpc) is 2.73. The van der Waals surface area contributed by atoms with E-state index in [0.717, 1.165) is 0 Å². The van der Waals surface area contributed by atoms with Crippen LogP contribution in [0.25, 0.3) is 22.2 Å². The Hall–Kier alpha value is -3.82. The molecule has 0 aliphatic carbocycles. The lowest BCUT2D eigenvalue weighted by Crippen LogP contribution is -2.40. The third-order valence-electron chi connectivity index (χ3n) is 5.18. The van der Waals surface area contributed by atoms with Gasteiger partial charge in [-0.15, -0.1) is 0 Å². The molecule has 4 rings (SSSR count). The van der Waals surface area contributed by atoms with Crippen LogP contribution in [0, 0.1) is 16.0 Å². The number of carbonyl (C=O) groups excluding carboxylic acids is 1. The number of benzene rings is 1. The summed E-state index contributed by atoms with van der Waals surface area (Å²) in [6.45, 7) is 1.12. The van der Waals surface area contributed by atoms with Crippen LogP contribution in [0.3, 0.4) is 0 Å². The molecule has 10 heteroatoms. The number of primary amides is 1. The second-order valence-electron chi connectivity index (χ2n) is 6.91. The van der Waals surface area contributed by atoms with Crippen molar-refractivity contribution >= 4 is 28.6 Å². The third-order valence-corrected chi connectivity index (χ3v) is 5.18. The minimum atomic E-state index is -0.476. The van der Waals surface area contributed by atoms with Crippen LogP contribution >= 0.6 is 0 Å². The summed E-state index contributed by atoms with van der Waals surface area (Å²) < 4.78 is 0. The van der Waals surface area contributed by atoms with E-state index in [1.807, 2.05) is 4.90 Å². The minimum Gasteiger partial charge on any atom is -0.369 e. The molecule has 0 radical (unpaired) electrons. The van der Waals surface area contributed by atoms with E-state index in [1.165, 1.54) is 12.1 Å². The number of amides is 1. The molecule has 0 saturated carbocycles. The first kappa shape index (κ1) is 18.5. The summed E-state index contributed by atoms with van der Waals surface area (Å²) in [5.74, 6) is -0.0666. The molecule has 10 nitrogen and oxygen atoms in total. The van der Waals surface area contributed by atoms with Crippen LogP contribution in [0.1, 0.15) is 12.8 Å². The van der Waals surface area contributed by atoms with Gasteiger partial charge in [-0.05, 0) is 42.2 Å². The third kappa shape index (κ3) is 3.51. The van der Waals surface area contributed by atoms with Gasteiger partial charge in [0.25, 0.3) is 11.2 Å². The van der Waals surface area contributed by atoms with Crippen molar-refractivity contribution in [2.45, 2.75) is 12.8 Å². The van der Waals surface area contributed by atoms with Crippen molar-refractivity contribution < 1.29 is 9.72 Å². The summed E-state index contributed by atoms with van der Waals surface area (Å²) in [6.07, 6.45) is 2.76. The maximum absolute atomic E-state index is 12.8. The van der Waals surface area contributed by atoms with Gasteiger partial charge in [-0.1, -0.05) is 0 Å². The number of nitrogens with one attached hydrogen (secondary N) is 1. The molecule has 0 unspecified atom stereocenters. The standard InChI is InChI=1S/C19H18N6O4/c20-16(26)12-6-9-24(10-7-12)19-22-17-15(18(27)23-19)14(5-8-21-17)11-1-3-13(4-2-11)25(28)29/h1-5,8,12H,6-7,9-10H2,(H2,20,26)(H,21,22,23,27). The van der Waals surface area contributed by atoms with E-state index in [0.29, 0.717) is 48.4 Å². The highest BCUT2D eigenvalue weighted by molar-refractivity contribution is 5.92. The molecule has 3 N–H and O–H groups in total. The number of nitro groups is 1. The Kier molecular flexibility index (Phi) is 4.67. The Morgan fingerprint density at radius 3 is 2.52 bits per heavy atom. The number of hydrogen-bond acceptors (Lipinski definition) is 7. The molecular formula is C19H18N6O4. The number of hydrogen-bond donors (Lipinski definition) is 2. The molecule has 148 valence electrons. The van der Waals surface area contributed by atoms with Crippen LogP contribution in [0.4, 0.5) is 11.6 Å². The van der Waals surface area contributed by atoms with Crippen molar-refractivity contribution in [3.05, 3.63) is 57.0 Å². The Labute approximate surface area is 164 Å². The van der Waals surface area contributed by atoms with E-state index < -0.39 is 4.92 Å². The summed E-state index contributed by atoms with van der Waals surface area (Å²) in [4.78, 5) is 48.0. The minimum absolute atomic E-state index is 0.0270. The molecule has 1 aliphatic heterocycles. The molecule has 3 aromatic rings. The number of nitro benzene ring substituents is 1. The zero-order chi connectivity index (χ0) is 20.5. The molecular weight excluding hydrogens is 376 g/mol. The van der Waals surface area contributed by atoms with Gasteiger partial charge in [0.1, 0.15) is 0 Å². The van der Waals surface area contributed by atoms with Crippen LogP contribution < -0.4 is 16.2 Å². The molecule has 0 bridgehead atoms. The van der Waals surface area contributed by atoms with E-state index in [1.54, 1.807) is 24.4 Å². The van der Waals surface area contributed by atoms with E-state index in [2.05, 4.69) is 15.0 Å². The normalized spacial score (nSPS) is 14.8. The van der Waals surface area contributed by atoms with Gasteiger partial charge in [-0.3, -0.25) is 24.7 Å². The van der Waals surface area contributed by atoms with Gasteiger partial charge in [0.05, 0.1) is 10.3 Å². The number of rotatable bonds is 4. The molecule has 1 aromatic carbocycles. The zero-order valence-corrected chi connectivity index (χ0v) is 15.4. The largest absolute Gasteiger partial charge is 0.369 e. The predicted octanol–water partition coefficient (Wildman–Crippen LogP) is 1.59. The van der Waals surface area contributed by atoms with Crippen molar-refractivity contribution in [1.82, 2.24) is 15.0 Å². The SMILES string of the molecule is NC(=O)C1CCN(c2nc3nccc(-c4ccc([N+](=O)[O-])cc4)c3c(=O)[nH]2)CC1. The first-order chi connectivity index (χ1) is 13.9. The molecule has 1 aliphatic rings. The van der Waals surface area contributed by atoms with Gasteiger partial charge < -0.3 is 10.6 Å². The van der Waals surface area contributed by atoms with Gasteiger partial charge in [0.2, 0.25) is 11.9 Å². The Morgan fingerprint density at radius 1 is 1.21 bits per heavy atom. The number of nitrogens with zero attached hydrogens (tertiary/aromatic N) is 4. The van der Waals surface area contributed by atoms with Gasteiger partial charge in [0.15, 0.2) is 5.65 Å². The molecule has 0 spiro atoms. The van der Waals surface area contributed by atoms with Crippen LogP contribution in [0.2, 0.25) is 0 Å². The number of fused-ring (bicyclic) bond motifs is 1. The van der Waals surface area contributed by atoms with Gasteiger partial charge in [-0.25, -0.2) is 4.98 Å². The van der Waals surface area contributed by atoms with Crippen molar-refractivity contribution in [2.24, 2.45) is 11.7 Å². The van der Waals surface area contributed by atoms with Crippen LogP contribution in [0.5, 0.6) is 0 Å². The maximum atomic E-state index is 12.8. The number of piperidine rings is 1. The first-order valence-corrected chi connectivity index (χ1v) is 9.12. The summed E-state index contributed by atoms with van der Waals surface area (Å²) in [5, 5.41) is 11.2. The number of aromatic nitrogens is 3. The molecule has 0 atom stereocenters. The average molecular weight is 394 g/mol. The van der Waals surface area contributed by atoms with Crippen molar-refractivity contribution in [3.63, 3.8) is 0 Å². The molecule has 2 aromatic heterocycles. The molecule has 1 amide bonds. The van der Waals surface area contributed by atoms with E-state index in [9.17, 15) is 19.7 Å². The number of nitrogens with two attached hydrogens (primary N) is 1. The number of carbonyl (C=O) groups is 1. The lowest BCUT2D eigenvalue weighted by atomic mass is 9.96. The lowest BCUT2D eigenvalue weighted by molar-refractivity contribution is -0.384. The topological polar surface area (TPSA) is 148 Å². The summed E-state index contributed by atoms with van der Waals surface area (Å²) in [6, 6.07) is 7.64. The van der Waals surface area contributed by atoms with Gasteiger partial charge >= 0.3 is 0 Å². The predicted molar refractivity (Wildman–Crippen MR) is 106 cm³/mol. The highest BCUT2D eigenvalue weighted by Gasteiger charge is 2.25. The molecule has 3 heterocycles. The number of pyridine rings is 1. The highest BCUT2D eigenvalue weighted by Crippen LogP contribution is 2.27. The molecule has 1 saturated heterocycles. The fourth-order valence-electron chi connectivity index (χ4n) is 3.58. The smallest absolute Gasteiger partial charge is 0.269 e. The van der Waals surface area contributed by atoms with Crippen molar-refractivity contribution in [1.29, 1.82) is 0 Å². The highest BCUT2D eigenvalue weighted by atomic mass is 16.6. The summed E-state index contributed by atoms with van der Waals surface area (Å²) >= 11 is 0. The molecule has 1 fully saturated rings. The van der Waals surface area contributed by atoms with Crippen LogP contribution in [0.15, 0.2) is 41.3 Å². The Morgan fingerprint density at radius 2 is 1.90 bits per heavy atom. The maximum Gasteiger partial charge on any atom is 0.269 e. The monoisotopic (exact) mass is 394 g/mol. The second-order valence-corrected chi connectivity index (χ2v) is 6.91. The number of non-ortho nitro benzene ring substituents is 1. The summed E-state index contributed by atoms with van der Waals surface area (Å²) in [7, 11) is 0. The van der Waals surface area contributed by atoms with E-state index in [4.69, 9.17) is 5.73 Å². The number of aromatic amines is 1. The van der Waals surface area contributed by atoms with E-state index >= 15 is 0 Å². The second kappa shape index (κ2) is 7.30. The Bertz CT molecular complexity index is 1150. The van der Waals surface area contributed by atoms with Crippen molar-refractivity contribution in [3.8, 4) is 11.1 Å². The number of H-pyrrole nitrogens is 1.